The molecule has 2 aromatic heterocycles. The van der Waals surface area contributed by atoms with Crippen LogP contribution in [0.2, 0.25) is 0 Å². The lowest BCUT2D eigenvalue weighted by molar-refractivity contribution is 0.102. The van der Waals surface area contributed by atoms with Crippen LogP contribution >= 0.6 is 0 Å². The van der Waals surface area contributed by atoms with Gasteiger partial charge < -0.3 is 10.1 Å². The molecule has 0 unspecified atom stereocenters. The van der Waals surface area contributed by atoms with Crippen molar-refractivity contribution in [3.8, 4) is 5.75 Å². The molecule has 0 spiro atoms. The van der Waals surface area contributed by atoms with Crippen LogP contribution in [0.4, 0.5) is 5.82 Å². The fourth-order valence-corrected chi connectivity index (χ4v) is 2.62. The van der Waals surface area contributed by atoms with Crippen LogP contribution in [-0.4, -0.2) is 37.8 Å². The van der Waals surface area contributed by atoms with E-state index in [1.807, 2.05) is 44.2 Å². The highest BCUT2D eigenvalue weighted by Gasteiger charge is 2.18. The molecular formula is C18H22N6O2. The fraction of sp³-hybridized carbons (Fsp3) is 0.333. The summed E-state index contributed by atoms with van der Waals surface area (Å²) in [5, 5.41) is 15.3. The number of anilines is 1. The molecule has 0 bridgehead atoms. The minimum atomic E-state index is -0.297. The van der Waals surface area contributed by atoms with Gasteiger partial charge in [-0.2, -0.15) is 5.10 Å². The maximum Gasteiger partial charge on any atom is 0.279 e. The Kier molecular flexibility index (Phi) is 5.01. The van der Waals surface area contributed by atoms with Gasteiger partial charge in [0.15, 0.2) is 5.69 Å². The van der Waals surface area contributed by atoms with E-state index >= 15 is 0 Å². The third kappa shape index (κ3) is 3.58. The Hall–Kier alpha value is -3.16. The van der Waals surface area contributed by atoms with Crippen molar-refractivity contribution in [1.29, 1.82) is 0 Å². The van der Waals surface area contributed by atoms with Crippen molar-refractivity contribution in [2.45, 2.75) is 26.8 Å². The van der Waals surface area contributed by atoms with Gasteiger partial charge in [0, 0.05) is 13.1 Å². The molecule has 1 amide bonds. The zero-order valence-corrected chi connectivity index (χ0v) is 15.4. The molecule has 26 heavy (non-hydrogen) atoms. The number of nitrogens with one attached hydrogen (secondary N) is 1. The first-order valence-corrected chi connectivity index (χ1v) is 8.39. The van der Waals surface area contributed by atoms with Crippen molar-refractivity contribution in [3.63, 3.8) is 0 Å². The van der Waals surface area contributed by atoms with Crippen LogP contribution in [0.1, 0.15) is 34.4 Å². The van der Waals surface area contributed by atoms with Gasteiger partial charge in [0.05, 0.1) is 25.0 Å². The summed E-state index contributed by atoms with van der Waals surface area (Å²) in [6.07, 6.45) is 0.806. The van der Waals surface area contributed by atoms with Gasteiger partial charge in [-0.3, -0.25) is 9.48 Å². The zero-order chi connectivity index (χ0) is 18.7. The second-order valence-corrected chi connectivity index (χ2v) is 5.98. The number of methoxy groups -OCH3 is 1. The number of ether oxygens (including phenoxy) is 1. The number of rotatable bonds is 6. The lowest BCUT2D eigenvalue weighted by atomic mass is 10.2. The van der Waals surface area contributed by atoms with E-state index in [1.165, 1.54) is 0 Å². The summed E-state index contributed by atoms with van der Waals surface area (Å²) in [5.41, 5.74) is 2.97. The molecule has 2 heterocycles. The van der Waals surface area contributed by atoms with E-state index in [0.717, 1.165) is 23.4 Å². The average Bonchev–Trinajstić information content (AvgIpc) is 3.18. The van der Waals surface area contributed by atoms with Crippen molar-refractivity contribution in [1.82, 2.24) is 24.8 Å². The van der Waals surface area contributed by atoms with Gasteiger partial charge in [0.2, 0.25) is 0 Å². The van der Waals surface area contributed by atoms with E-state index in [2.05, 4.69) is 20.7 Å². The molecule has 8 nitrogen and oxygen atoms in total. The van der Waals surface area contributed by atoms with E-state index < -0.39 is 0 Å². The molecule has 3 aromatic rings. The molecule has 0 aliphatic heterocycles. The number of nitrogens with zero attached hydrogens (tertiary/aromatic N) is 5. The predicted octanol–water partition coefficient (Wildman–Crippen LogP) is 2.19. The third-order valence-electron chi connectivity index (χ3n) is 4.22. The summed E-state index contributed by atoms with van der Waals surface area (Å²) in [5.74, 6) is 1.14. The first-order valence-electron chi connectivity index (χ1n) is 8.39. The number of aromatic nitrogens is 5. The average molecular weight is 354 g/mol. The highest BCUT2D eigenvalue weighted by atomic mass is 16.5. The quantitative estimate of drug-likeness (QED) is 0.733. The number of aryl methyl sites for hydroxylation is 2. The first kappa shape index (κ1) is 17.7. The molecule has 0 saturated carbocycles. The Labute approximate surface area is 151 Å². The molecule has 3 rings (SSSR count). The number of hydrogen-bond acceptors (Lipinski definition) is 5. The minimum Gasteiger partial charge on any atom is -0.497 e. The van der Waals surface area contributed by atoms with Gasteiger partial charge in [-0.25, -0.2) is 4.68 Å². The smallest absolute Gasteiger partial charge is 0.279 e. The van der Waals surface area contributed by atoms with E-state index in [4.69, 9.17) is 4.74 Å². The molecule has 0 radical (unpaired) electrons. The van der Waals surface area contributed by atoms with E-state index in [-0.39, 0.29) is 5.91 Å². The largest absolute Gasteiger partial charge is 0.497 e. The Morgan fingerprint density at radius 3 is 2.62 bits per heavy atom. The Balaban J connectivity index is 1.74. The highest BCUT2D eigenvalue weighted by molar-refractivity contribution is 6.03. The maximum atomic E-state index is 12.5. The van der Waals surface area contributed by atoms with Crippen molar-refractivity contribution >= 4 is 11.7 Å². The van der Waals surface area contributed by atoms with Gasteiger partial charge in [0.1, 0.15) is 11.6 Å². The van der Waals surface area contributed by atoms with Gasteiger partial charge >= 0.3 is 0 Å². The molecule has 0 atom stereocenters. The summed E-state index contributed by atoms with van der Waals surface area (Å²) in [6.45, 7) is 4.38. The molecule has 0 aliphatic carbocycles. The predicted molar refractivity (Wildman–Crippen MR) is 97.4 cm³/mol. The number of benzene rings is 1. The van der Waals surface area contributed by atoms with E-state index in [1.54, 1.807) is 23.5 Å². The van der Waals surface area contributed by atoms with Crippen LogP contribution in [-0.2, 0) is 20.0 Å². The second kappa shape index (κ2) is 7.38. The Bertz CT molecular complexity index is 910. The van der Waals surface area contributed by atoms with E-state index in [9.17, 15) is 4.79 Å². The summed E-state index contributed by atoms with van der Waals surface area (Å²) < 4.78 is 8.51. The summed E-state index contributed by atoms with van der Waals surface area (Å²) in [7, 11) is 3.43. The topological polar surface area (TPSA) is 86.9 Å². The van der Waals surface area contributed by atoms with Gasteiger partial charge in [-0.15, -0.1) is 5.10 Å². The van der Waals surface area contributed by atoms with Crippen LogP contribution in [0.25, 0.3) is 0 Å². The van der Waals surface area contributed by atoms with Gasteiger partial charge in [-0.1, -0.05) is 24.3 Å². The standard InChI is InChI=1S/C18H22N6O2/c1-5-14-10-16(23(3)21-14)19-18(25)17-12(2)24(22-20-17)11-13-6-8-15(26-4)9-7-13/h6-10H,5,11H2,1-4H3,(H,19,25). The molecular weight excluding hydrogens is 332 g/mol. The van der Waals surface area contributed by atoms with Crippen molar-refractivity contribution < 1.29 is 9.53 Å². The highest BCUT2D eigenvalue weighted by Crippen LogP contribution is 2.15. The number of carbonyl (C=O) groups is 1. The third-order valence-corrected chi connectivity index (χ3v) is 4.22. The van der Waals surface area contributed by atoms with Crippen molar-refractivity contribution in [2.75, 3.05) is 12.4 Å². The first-order chi connectivity index (χ1) is 12.5. The molecule has 1 N–H and O–H groups in total. The molecule has 0 fully saturated rings. The lowest BCUT2D eigenvalue weighted by Gasteiger charge is -2.06. The second-order valence-electron chi connectivity index (χ2n) is 5.98. The Morgan fingerprint density at radius 1 is 1.27 bits per heavy atom. The summed E-state index contributed by atoms with van der Waals surface area (Å²) in [6, 6.07) is 9.56. The van der Waals surface area contributed by atoms with Gasteiger partial charge in [-0.05, 0) is 31.0 Å². The van der Waals surface area contributed by atoms with Crippen LogP contribution in [0.15, 0.2) is 30.3 Å². The minimum absolute atomic E-state index is 0.297. The van der Waals surface area contributed by atoms with Crippen LogP contribution in [0, 0.1) is 6.92 Å². The number of carbonyl (C=O) groups excluding carboxylic acids is 1. The van der Waals surface area contributed by atoms with Crippen LogP contribution in [0.3, 0.4) is 0 Å². The van der Waals surface area contributed by atoms with Crippen molar-refractivity contribution in [3.05, 3.63) is 53.0 Å². The number of hydrogen-bond donors (Lipinski definition) is 1. The summed E-state index contributed by atoms with van der Waals surface area (Å²) in [4.78, 5) is 12.5. The fourth-order valence-electron chi connectivity index (χ4n) is 2.62. The molecule has 1 aromatic carbocycles. The maximum absolute atomic E-state index is 12.5. The van der Waals surface area contributed by atoms with Gasteiger partial charge in [0.25, 0.3) is 5.91 Å². The normalized spacial score (nSPS) is 10.8. The monoisotopic (exact) mass is 354 g/mol. The van der Waals surface area contributed by atoms with Crippen LogP contribution < -0.4 is 10.1 Å². The molecule has 136 valence electrons. The number of amides is 1. The van der Waals surface area contributed by atoms with E-state index in [0.29, 0.717) is 23.8 Å². The molecule has 0 aliphatic rings. The van der Waals surface area contributed by atoms with Crippen LogP contribution in [0.5, 0.6) is 5.75 Å². The zero-order valence-electron chi connectivity index (χ0n) is 15.4. The van der Waals surface area contributed by atoms with Crippen molar-refractivity contribution in [2.24, 2.45) is 7.05 Å². The summed E-state index contributed by atoms with van der Waals surface area (Å²) >= 11 is 0. The molecule has 0 saturated heterocycles. The SMILES string of the molecule is CCc1cc(NC(=O)c2nnn(Cc3ccc(OC)cc3)c2C)n(C)n1. The molecule has 8 heteroatoms. The lowest BCUT2D eigenvalue weighted by Crippen LogP contribution is -2.16. The Morgan fingerprint density at radius 2 is 2.00 bits per heavy atom.